The van der Waals surface area contributed by atoms with Crippen LogP contribution < -0.4 is 10.1 Å². The average Bonchev–Trinajstić information content (AvgIpc) is 2.42. The van der Waals surface area contributed by atoms with Crippen LogP contribution in [0.4, 0.5) is 0 Å². The van der Waals surface area contributed by atoms with E-state index < -0.39 is 0 Å². The Balaban J connectivity index is 2.03. The molecule has 0 saturated carbocycles. The van der Waals surface area contributed by atoms with Crippen molar-refractivity contribution in [2.24, 2.45) is 0 Å². The monoisotopic (exact) mass is 264 g/mol. The first kappa shape index (κ1) is 13.7. The number of phenols is 1. The van der Waals surface area contributed by atoms with Gasteiger partial charge in [-0.1, -0.05) is 0 Å². The topological polar surface area (TPSA) is 61.8 Å². The number of nitrogens with zero attached hydrogens (tertiary/aromatic N) is 1. The molecule has 1 fully saturated rings. The Hall–Kier alpha value is -1.75. The first-order valence-corrected chi connectivity index (χ1v) is 6.46. The van der Waals surface area contributed by atoms with E-state index >= 15 is 0 Å². The number of nitrogens with one attached hydrogen (secondary N) is 1. The first-order chi connectivity index (χ1) is 9.10. The van der Waals surface area contributed by atoms with Crippen molar-refractivity contribution < 1.29 is 14.6 Å². The van der Waals surface area contributed by atoms with Crippen LogP contribution in [0.1, 0.15) is 23.2 Å². The molecular weight excluding hydrogens is 244 g/mol. The van der Waals surface area contributed by atoms with Crippen LogP contribution in [-0.2, 0) is 0 Å². The van der Waals surface area contributed by atoms with Crippen LogP contribution in [0.2, 0.25) is 0 Å². The van der Waals surface area contributed by atoms with Gasteiger partial charge in [-0.3, -0.25) is 4.79 Å². The third-order valence-corrected chi connectivity index (χ3v) is 3.50. The zero-order chi connectivity index (χ0) is 13.8. The van der Waals surface area contributed by atoms with Crippen molar-refractivity contribution in [3.05, 3.63) is 23.8 Å². The number of hydrogen-bond acceptors (Lipinski definition) is 4. The fraction of sp³-hybridized carbons (Fsp3) is 0.500. The fourth-order valence-electron chi connectivity index (χ4n) is 2.24. The second-order valence-corrected chi connectivity index (χ2v) is 4.93. The Bertz CT molecular complexity index is 454. The highest BCUT2D eigenvalue weighted by Gasteiger charge is 2.20. The number of ether oxygens (including phenoxy) is 1. The summed E-state index contributed by atoms with van der Waals surface area (Å²) < 4.78 is 5.07. The van der Waals surface area contributed by atoms with E-state index in [4.69, 9.17) is 4.74 Å². The summed E-state index contributed by atoms with van der Waals surface area (Å²) >= 11 is 0. The van der Waals surface area contributed by atoms with Crippen molar-refractivity contribution in [2.45, 2.75) is 18.9 Å². The molecule has 0 atom stereocenters. The summed E-state index contributed by atoms with van der Waals surface area (Å²) in [6.07, 6.45) is 1.87. The summed E-state index contributed by atoms with van der Waals surface area (Å²) in [5, 5.41) is 12.7. The van der Waals surface area contributed by atoms with E-state index in [9.17, 15) is 9.90 Å². The molecular formula is C14H20N2O3. The molecule has 1 aliphatic heterocycles. The van der Waals surface area contributed by atoms with Gasteiger partial charge in [0.1, 0.15) is 11.5 Å². The van der Waals surface area contributed by atoms with Gasteiger partial charge in [0.15, 0.2) is 0 Å². The van der Waals surface area contributed by atoms with E-state index in [1.54, 1.807) is 12.1 Å². The molecule has 0 unspecified atom stereocenters. The number of rotatable bonds is 3. The van der Waals surface area contributed by atoms with Crippen molar-refractivity contribution in [3.8, 4) is 11.5 Å². The highest BCUT2D eigenvalue weighted by atomic mass is 16.5. The van der Waals surface area contributed by atoms with E-state index in [-0.39, 0.29) is 23.3 Å². The Morgan fingerprint density at radius 1 is 1.42 bits per heavy atom. The number of carbonyl (C=O) groups excluding carboxylic acids is 1. The Morgan fingerprint density at radius 3 is 2.74 bits per heavy atom. The fourth-order valence-corrected chi connectivity index (χ4v) is 2.24. The molecule has 0 bridgehead atoms. The highest BCUT2D eigenvalue weighted by molar-refractivity contribution is 5.97. The molecule has 5 nitrogen and oxygen atoms in total. The molecule has 1 aromatic carbocycles. The van der Waals surface area contributed by atoms with Gasteiger partial charge in [-0.25, -0.2) is 0 Å². The number of methoxy groups -OCH3 is 1. The van der Waals surface area contributed by atoms with Gasteiger partial charge in [0, 0.05) is 6.04 Å². The molecule has 1 saturated heterocycles. The predicted octanol–water partition coefficient (Wildman–Crippen LogP) is 1.22. The lowest BCUT2D eigenvalue weighted by atomic mass is 10.0. The zero-order valence-corrected chi connectivity index (χ0v) is 11.3. The van der Waals surface area contributed by atoms with Crippen molar-refractivity contribution in [3.63, 3.8) is 0 Å². The largest absolute Gasteiger partial charge is 0.507 e. The Morgan fingerprint density at radius 2 is 2.11 bits per heavy atom. The third-order valence-electron chi connectivity index (χ3n) is 3.50. The standard InChI is InChI=1S/C14H20N2O3/c1-16-7-5-10(6-8-16)15-14(18)12-9-11(19-2)3-4-13(12)17/h3-4,9-10,17H,5-8H2,1-2H3,(H,15,18). The predicted molar refractivity (Wildman–Crippen MR) is 72.6 cm³/mol. The Labute approximate surface area is 113 Å². The molecule has 1 aliphatic rings. The van der Waals surface area contributed by atoms with Crippen molar-refractivity contribution in [1.29, 1.82) is 0 Å². The van der Waals surface area contributed by atoms with E-state index in [2.05, 4.69) is 17.3 Å². The number of carbonyl (C=O) groups is 1. The van der Waals surface area contributed by atoms with E-state index in [0.29, 0.717) is 5.75 Å². The van der Waals surface area contributed by atoms with Gasteiger partial charge in [-0.15, -0.1) is 0 Å². The summed E-state index contributed by atoms with van der Waals surface area (Å²) in [5.41, 5.74) is 0.262. The number of amides is 1. The number of aromatic hydroxyl groups is 1. The molecule has 0 radical (unpaired) electrons. The lowest BCUT2D eigenvalue weighted by Crippen LogP contribution is -2.43. The molecule has 0 spiro atoms. The normalized spacial score (nSPS) is 17.2. The maximum absolute atomic E-state index is 12.1. The molecule has 1 heterocycles. The van der Waals surface area contributed by atoms with Crippen molar-refractivity contribution >= 4 is 5.91 Å². The van der Waals surface area contributed by atoms with Crippen LogP contribution in [0.5, 0.6) is 11.5 Å². The smallest absolute Gasteiger partial charge is 0.255 e. The molecule has 0 aliphatic carbocycles. The minimum absolute atomic E-state index is 0.0220. The lowest BCUT2D eigenvalue weighted by Gasteiger charge is -2.29. The first-order valence-electron chi connectivity index (χ1n) is 6.46. The summed E-state index contributed by atoms with van der Waals surface area (Å²) in [6.45, 7) is 1.96. The van der Waals surface area contributed by atoms with E-state index in [1.807, 2.05) is 0 Å². The minimum Gasteiger partial charge on any atom is -0.507 e. The third kappa shape index (κ3) is 3.38. The van der Waals surface area contributed by atoms with Crippen LogP contribution in [0.3, 0.4) is 0 Å². The zero-order valence-electron chi connectivity index (χ0n) is 11.3. The number of phenolic OH excluding ortho intramolecular Hbond substituents is 1. The molecule has 1 aromatic rings. The van der Waals surface area contributed by atoms with Gasteiger partial charge in [0.25, 0.3) is 5.91 Å². The van der Waals surface area contributed by atoms with Crippen LogP contribution in [-0.4, -0.2) is 49.2 Å². The maximum atomic E-state index is 12.1. The SMILES string of the molecule is COc1ccc(O)c(C(=O)NC2CCN(C)CC2)c1. The van der Waals surface area contributed by atoms with Crippen LogP contribution in [0, 0.1) is 0 Å². The van der Waals surface area contributed by atoms with Crippen LogP contribution in [0.15, 0.2) is 18.2 Å². The molecule has 19 heavy (non-hydrogen) atoms. The van der Waals surface area contributed by atoms with Crippen molar-refractivity contribution in [1.82, 2.24) is 10.2 Å². The molecule has 2 rings (SSSR count). The molecule has 0 aromatic heterocycles. The number of piperidine rings is 1. The quantitative estimate of drug-likeness (QED) is 0.862. The summed E-state index contributed by atoms with van der Waals surface area (Å²) in [5.74, 6) is 0.295. The molecule has 104 valence electrons. The average molecular weight is 264 g/mol. The van der Waals surface area contributed by atoms with Gasteiger partial charge in [-0.05, 0) is 51.2 Å². The van der Waals surface area contributed by atoms with Gasteiger partial charge >= 0.3 is 0 Å². The summed E-state index contributed by atoms with van der Waals surface area (Å²) in [4.78, 5) is 14.4. The Kier molecular flexibility index (Phi) is 4.27. The second-order valence-electron chi connectivity index (χ2n) is 4.93. The number of likely N-dealkylation sites (tertiary alicyclic amines) is 1. The van der Waals surface area contributed by atoms with Crippen LogP contribution >= 0.6 is 0 Å². The molecule has 2 N–H and O–H groups in total. The summed E-state index contributed by atoms with van der Waals surface area (Å²) in [6, 6.07) is 4.83. The molecule has 1 amide bonds. The van der Waals surface area contributed by atoms with Crippen LogP contribution in [0.25, 0.3) is 0 Å². The van der Waals surface area contributed by atoms with Gasteiger partial charge < -0.3 is 20.1 Å². The van der Waals surface area contributed by atoms with Gasteiger partial charge in [0.05, 0.1) is 12.7 Å². The van der Waals surface area contributed by atoms with Gasteiger partial charge in [-0.2, -0.15) is 0 Å². The minimum atomic E-state index is -0.244. The molecule has 5 heteroatoms. The highest BCUT2D eigenvalue weighted by Crippen LogP contribution is 2.23. The maximum Gasteiger partial charge on any atom is 0.255 e. The van der Waals surface area contributed by atoms with Gasteiger partial charge in [0.2, 0.25) is 0 Å². The summed E-state index contributed by atoms with van der Waals surface area (Å²) in [7, 11) is 3.61. The number of hydrogen-bond donors (Lipinski definition) is 2. The van der Waals surface area contributed by atoms with E-state index in [1.165, 1.54) is 13.2 Å². The van der Waals surface area contributed by atoms with Crippen molar-refractivity contribution in [2.75, 3.05) is 27.2 Å². The number of benzene rings is 1. The lowest BCUT2D eigenvalue weighted by molar-refractivity contribution is 0.0914. The second kappa shape index (κ2) is 5.93. The van der Waals surface area contributed by atoms with E-state index in [0.717, 1.165) is 25.9 Å².